The molecule has 0 aromatic carbocycles. The summed E-state index contributed by atoms with van der Waals surface area (Å²) < 4.78 is 33.1. The first-order valence-corrected chi connectivity index (χ1v) is 13.0. The van der Waals surface area contributed by atoms with Crippen LogP contribution in [0.15, 0.2) is 0 Å². The molecule has 1 N–H and O–H groups in total. The van der Waals surface area contributed by atoms with Crippen molar-refractivity contribution in [2.45, 2.75) is 141 Å². The summed E-state index contributed by atoms with van der Waals surface area (Å²) in [6.07, 6.45) is 19.3. The van der Waals surface area contributed by atoms with E-state index in [0.29, 0.717) is 12.8 Å². The summed E-state index contributed by atoms with van der Waals surface area (Å²) >= 11 is 0. The molecule has 0 aromatic rings. The predicted octanol–water partition coefficient (Wildman–Crippen LogP) is 3.33. The van der Waals surface area contributed by atoms with E-state index in [1.807, 2.05) is 0 Å². The van der Waals surface area contributed by atoms with Gasteiger partial charge in [0.2, 0.25) is 0 Å². The van der Waals surface area contributed by atoms with E-state index in [1.165, 1.54) is 51.4 Å². The molecule has 0 radical (unpaired) electrons. The molecule has 28 heavy (non-hydrogen) atoms. The summed E-state index contributed by atoms with van der Waals surface area (Å²) in [6.45, 7) is 4.01. The van der Waals surface area contributed by atoms with Crippen LogP contribution >= 0.6 is 0 Å². The van der Waals surface area contributed by atoms with Gasteiger partial charge in [-0.05, 0) is 25.7 Å². The molecule has 6 heteroatoms. The minimum atomic E-state index is -4.13. The average molecular weight is 429 g/mol. The molecular formula is C22H45NaO4S. The zero-order valence-corrected chi connectivity index (χ0v) is 21.8. The molecule has 0 fully saturated rings. The molecule has 0 aliphatic carbocycles. The number of unbranched alkanes of at least 4 members (excludes halogenated alkanes) is 12. The zero-order chi connectivity index (χ0) is 20.4. The maximum Gasteiger partial charge on any atom is 1.00 e. The summed E-state index contributed by atoms with van der Waals surface area (Å²) in [5, 5.41) is 9.33. The Morgan fingerprint density at radius 3 is 1.39 bits per heavy atom. The van der Waals surface area contributed by atoms with E-state index in [4.69, 9.17) is 0 Å². The molecule has 0 heterocycles. The van der Waals surface area contributed by atoms with Gasteiger partial charge in [0.15, 0.2) is 0 Å². The number of aliphatic hydroxyl groups excluding tert-OH is 1. The van der Waals surface area contributed by atoms with Crippen LogP contribution in [0.1, 0.15) is 129 Å². The van der Waals surface area contributed by atoms with E-state index in [2.05, 4.69) is 6.92 Å². The van der Waals surface area contributed by atoms with Gasteiger partial charge in [0.25, 0.3) is 0 Å². The van der Waals surface area contributed by atoms with Crippen molar-refractivity contribution in [1.82, 2.24) is 0 Å². The summed E-state index contributed by atoms with van der Waals surface area (Å²) in [7, 11) is -4.13. The third-order valence-corrected chi connectivity index (χ3v) is 6.95. The second-order valence-corrected chi connectivity index (χ2v) is 9.79. The minimum absolute atomic E-state index is 0. The number of hydrogen-bond donors (Lipinski definition) is 1. The van der Waals surface area contributed by atoms with E-state index in [9.17, 15) is 18.1 Å². The third kappa shape index (κ3) is 20.2. The second kappa shape index (κ2) is 21.1. The quantitative estimate of drug-likeness (QED) is 0.183. The van der Waals surface area contributed by atoms with Crippen molar-refractivity contribution < 1.29 is 47.6 Å². The molecule has 0 aliphatic heterocycles. The molecule has 4 nitrogen and oxygen atoms in total. The Labute approximate surface area is 197 Å². The fourth-order valence-electron chi connectivity index (χ4n) is 3.67. The standard InChI is InChI=1S/C22H46O4S.Na/c1-3-5-6-7-8-9-10-12-15-18-21(23)19-16-13-11-14-17-20-22(4-2)27(24,25)26;/h21-23H,3-20H2,1-2H3,(H,24,25,26);/q;+1/p-1. The Morgan fingerprint density at radius 2 is 1.04 bits per heavy atom. The van der Waals surface area contributed by atoms with Gasteiger partial charge in [-0.2, -0.15) is 0 Å². The SMILES string of the molecule is CCCCCCCCCCCC(O)CCCCCCCC(CC)S(=O)(=O)[O-].[Na+]. The van der Waals surface area contributed by atoms with Gasteiger partial charge in [-0.1, -0.05) is 104 Å². The van der Waals surface area contributed by atoms with Crippen molar-refractivity contribution in [3.63, 3.8) is 0 Å². The van der Waals surface area contributed by atoms with Crippen LogP contribution in [0, 0.1) is 0 Å². The van der Waals surface area contributed by atoms with E-state index in [0.717, 1.165) is 51.4 Å². The van der Waals surface area contributed by atoms with Crippen molar-refractivity contribution >= 4 is 10.1 Å². The Kier molecular flexibility index (Phi) is 23.4. The van der Waals surface area contributed by atoms with E-state index in [1.54, 1.807) is 6.92 Å². The fraction of sp³-hybridized carbons (Fsp3) is 1.00. The van der Waals surface area contributed by atoms with Crippen LogP contribution < -0.4 is 29.6 Å². The first kappa shape index (κ1) is 31.1. The summed E-state index contributed by atoms with van der Waals surface area (Å²) in [6, 6.07) is 0. The Morgan fingerprint density at radius 1 is 0.679 bits per heavy atom. The molecule has 0 saturated heterocycles. The number of rotatable bonds is 20. The van der Waals surface area contributed by atoms with Gasteiger partial charge in [-0.3, -0.25) is 0 Å². The van der Waals surface area contributed by atoms with Crippen LogP contribution in [0.5, 0.6) is 0 Å². The minimum Gasteiger partial charge on any atom is -0.748 e. The molecule has 0 saturated carbocycles. The van der Waals surface area contributed by atoms with Crippen LogP contribution in [0.3, 0.4) is 0 Å². The second-order valence-electron chi connectivity index (χ2n) is 8.14. The van der Waals surface area contributed by atoms with Gasteiger partial charge in [0.05, 0.1) is 16.2 Å². The van der Waals surface area contributed by atoms with Gasteiger partial charge in [-0.15, -0.1) is 0 Å². The zero-order valence-electron chi connectivity index (χ0n) is 19.0. The van der Waals surface area contributed by atoms with Crippen molar-refractivity contribution in [2.24, 2.45) is 0 Å². The van der Waals surface area contributed by atoms with E-state index < -0.39 is 15.4 Å². The number of aliphatic hydroxyl groups is 1. The van der Waals surface area contributed by atoms with Crippen molar-refractivity contribution in [1.29, 1.82) is 0 Å². The van der Waals surface area contributed by atoms with E-state index >= 15 is 0 Å². The molecule has 2 atom stereocenters. The largest absolute Gasteiger partial charge is 1.00 e. The maximum absolute atomic E-state index is 11.0. The van der Waals surface area contributed by atoms with Gasteiger partial charge < -0.3 is 9.66 Å². The van der Waals surface area contributed by atoms with Crippen molar-refractivity contribution in [3.05, 3.63) is 0 Å². The first-order chi connectivity index (χ1) is 12.9. The van der Waals surface area contributed by atoms with Crippen LogP contribution in [0.2, 0.25) is 0 Å². The molecule has 0 spiro atoms. The van der Waals surface area contributed by atoms with Crippen molar-refractivity contribution in [3.8, 4) is 0 Å². The molecule has 0 rings (SSSR count). The predicted molar refractivity (Wildman–Crippen MR) is 114 cm³/mol. The van der Waals surface area contributed by atoms with Crippen molar-refractivity contribution in [2.75, 3.05) is 0 Å². The molecular weight excluding hydrogens is 383 g/mol. The topological polar surface area (TPSA) is 77.4 Å². The van der Waals surface area contributed by atoms with Crippen LogP contribution in [-0.4, -0.2) is 29.4 Å². The monoisotopic (exact) mass is 428 g/mol. The van der Waals surface area contributed by atoms with Gasteiger partial charge in [0.1, 0.15) is 0 Å². The van der Waals surface area contributed by atoms with Crippen LogP contribution in [0.4, 0.5) is 0 Å². The Bertz CT molecular complexity index is 415. The Hall–Kier alpha value is 0.870. The summed E-state index contributed by atoms with van der Waals surface area (Å²) in [5.74, 6) is 0. The molecule has 0 aliphatic rings. The maximum atomic E-state index is 11.0. The smallest absolute Gasteiger partial charge is 0.748 e. The molecule has 0 aromatic heterocycles. The fourth-order valence-corrected chi connectivity index (χ4v) is 4.53. The van der Waals surface area contributed by atoms with Gasteiger partial charge in [0, 0.05) is 5.25 Å². The van der Waals surface area contributed by atoms with Crippen LogP contribution in [0.25, 0.3) is 0 Å². The first-order valence-electron chi connectivity index (χ1n) is 11.5. The summed E-state index contributed by atoms with van der Waals surface area (Å²) in [5.41, 5.74) is 0. The van der Waals surface area contributed by atoms with E-state index in [-0.39, 0.29) is 35.7 Å². The Balaban J connectivity index is 0. The molecule has 2 unspecified atom stereocenters. The normalized spacial score (nSPS) is 13.9. The average Bonchev–Trinajstić information content (AvgIpc) is 2.61. The molecule has 164 valence electrons. The van der Waals surface area contributed by atoms with Gasteiger partial charge in [-0.25, -0.2) is 8.42 Å². The summed E-state index contributed by atoms with van der Waals surface area (Å²) in [4.78, 5) is 0. The van der Waals surface area contributed by atoms with Crippen LogP contribution in [-0.2, 0) is 10.1 Å². The number of hydrogen-bond acceptors (Lipinski definition) is 4. The molecule has 0 bridgehead atoms. The molecule has 0 amide bonds. The van der Waals surface area contributed by atoms with Gasteiger partial charge >= 0.3 is 29.6 Å². The third-order valence-electron chi connectivity index (χ3n) is 5.57.